The standard InChI is InChI=1S/C61H41N3S/c1-60(2)49-22-10-8-21-46(49)48-34-54-58(35-52(48)60)65-57-25-13-12-24-51(57)61(54)50-23-11-9-20-45(50)43-18-6-7-19-44(43)47-31-30-41(33-53(47)61)59-63-55(39-15-4-3-5-16-39)36-56(64-59)40-28-26-38(27-29-40)42-17-14-32-62-37-42/h3-37H,1-2H3. The van der Waals surface area contributed by atoms with Crippen LogP contribution in [-0.2, 0) is 10.8 Å². The first-order chi connectivity index (χ1) is 32.0. The summed E-state index contributed by atoms with van der Waals surface area (Å²) >= 11 is 1.91. The maximum atomic E-state index is 5.45. The van der Waals surface area contributed by atoms with Gasteiger partial charge in [0.25, 0.3) is 0 Å². The molecule has 306 valence electrons. The van der Waals surface area contributed by atoms with Crippen LogP contribution in [0, 0.1) is 0 Å². The number of nitrogens with zero attached hydrogens (tertiary/aromatic N) is 3. The van der Waals surface area contributed by atoms with Crippen LogP contribution in [-0.4, -0.2) is 15.0 Å². The zero-order valence-electron chi connectivity index (χ0n) is 36.0. The van der Waals surface area contributed by atoms with Crippen molar-refractivity contribution < 1.29 is 0 Å². The summed E-state index contributed by atoms with van der Waals surface area (Å²) in [6, 6.07) is 73.6. The summed E-state index contributed by atoms with van der Waals surface area (Å²) in [7, 11) is 0. The minimum atomic E-state index is -0.698. The van der Waals surface area contributed by atoms with E-state index in [1.165, 1.54) is 76.6 Å². The molecule has 3 aliphatic rings. The molecule has 0 saturated heterocycles. The van der Waals surface area contributed by atoms with Crippen LogP contribution in [0.3, 0.4) is 0 Å². The molecule has 0 saturated carbocycles. The van der Waals surface area contributed by atoms with E-state index in [2.05, 4.69) is 213 Å². The molecule has 0 fully saturated rings. The fourth-order valence-corrected chi connectivity index (χ4v) is 12.2. The molecular weight excluding hydrogens is 807 g/mol. The predicted molar refractivity (Wildman–Crippen MR) is 266 cm³/mol. The second-order valence-corrected chi connectivity index (χ2v) is 19.0. The van der Waals surface area contributed by atoms with Gasteiger partial charge in [0, 0.05) is 44.3 Å². The predicted octanol–water partition coefficient (Wildman–Crippen LogP) is 15.3. The Kier molecular flexibility index (Phi) is 8.41. The molecule has 1 unspecified atom stereocenters. The fraction of sp³-hybridized carbons (Fsp3) is 0.0656. The largest absolute Gasteiger partial charge is 0.264 e. The number of benzene rings is 8. The highest BCUT2D eigenvalue weighted by Crippen LogP contribution is 2.63. The van der Waals surface area contributed by atoms with Gasteiger partial charge in [0.2, 0.25) is 0 Å². The molecular formula is C61H41N3S. The minimum absolute atomic E-state index is 0.133. The third-order valence-electron chi connectivity index (χ3n) is 14.1. The highest BCUT2D eigenvalue weighted by molar-refractivity contribution is 7.99. The number of pyridine rings is 1. The second kappa shape index (κ2) is 14.4. The van der Waals surface area contributed by atoms with Gasteiger partial charge in [-0.1, -0.05) is 189 Å². The summed E-state index contributed by atoms with van der Waals surface area (Å²) in [5.41, 5.74) is 21.5. The zero-order chi connectivity index (χ0) is 43.3. The van der Waals surface area contributed by atoms with Crippen LogP contribution in [0.25, 0.3) is 78.4 Å². The van der Waals surface area contributed by atoms with Gasteiger partial charge < -0.3 is 0 Å². The molecule has 1 spiro atoms. The van der Waals surface area contributed by atoms with Crippen LogP contribution in [0.15, 0.2) is 222 Å². The molecule has 2 aromatic heterocycles. The van der Waals surface area contributed by atoms with Crippen molar-refractivity contribution in [2.45, 2.75) is 34.5 Å². The van der Waals surface area contributed by atoms with Gasteiger partial charge in [0.05, 0.1) is 16.8 Å². The van der Waals surface area contributed by atoms with Gasteiger partial charge in [-0.2, -0.15) is 0 Å². The van der Waals surface area contributed by atoms with Gasteiger partial charge in [-0.05, 0) is 114 Å². The number of rotatable bonds is 4. The summed E-state index contributed by atoms with van der Waals surface area (Å²) in [5.74, 6) is 0.685. The van der Waals surface area contributed by atoms with Crippen molar-refractivity contribution in [3.8, 4) is 78.4 Å². The molecule has 4 heteroatoms. The minimum Gasteiger partial charge on any atom is -0.264 e. The van der Waals surface area contributed by atoms with Crippen molar-refractivity contribution in [3.63, 3.8) is 0 Å². The lowest BCUT2D eigenvalue weighted by Gasteiger charge is -2.43. The Balaban J connectivity index is 1.11. The quantitative estimate of drug-likeness (QED) is 0.177. The van der Waals surface area contributed by atoms with Crippen molar-refractivity contribution >= 4 is 11.8 Å². The third-order valence-corrected chi connectivity index (χ3v) is 15.2. The summed E-state index contributed by atoms with van der Waals surface area (Å²) in [4.78, 5) is 17.8. The Bertz CT molecular complexity index is 3540. The van der Waals surface area contributed by atoms with E-state index in [1.54, 1.807) is 0 Å². The highest BCUT2D eigenvalue weighted by Gasteiger charge is 2.50. The second-order valence-electron chi connectivity index (χ2n) is 17.9. The normalized spacial score (nSPS) is 15.7. The van der Waals surface area contributed by atoms with Crippen LogP contribution in [0.1, 0.15) is 47.2 Å². The maximum Gasteiger partial charge on any atom is 0.160 e. The Morgan fingerprint density at radius 1 is 0.354 bits per heavy atom. The first kappa shape index (κ1) is 37.9. The van der Waals surface area contributed by atoms with E-state index >= 15 is 0 Å². The molecule has 13 rings (SSSR count). The molecule has 10 aromatic rings. The van der Waals surface area contributed by atoms with Gasteiger partial charge in [0.1, 0.15) is 0 Å². The molecule has 8 aromatic carbocycles. The molecule has 1 atom stereocenters. The number of fused-ring (bicyclic) bond motifs is 14. The molecule has 0 radical (unpaired) electrons. The molecule has 2 aliphatic carbocycles. The monoisotopic (exact) mass is 847 g/mol. The third kappa shape index (κ3) is 5.67. The number of hydrogen-bond donors (Lipinski definition) is 0. The molecule has 1 aliphatic heterocycles. The van der Waals surface area contributed by atoms with Crippen LogP contribution in [0.2, 0.25) is 0 Å². The average molecular weight is 848 g/mol. The molecule has 3 heterocycles. The Morgan fingerprint density at radius 2 is 0.923 bits per heavy atom. The van der Waals surface area contributed by atoms with Crippen LogP contribution in [0.5, 0.6) is 0 Å². The van der Waals surface area contributed by atoms with E-state index in [0.717, 1.165) is 39.2 Å². The van der Waals surface area contributed by atoms with Gasteiger partial charge in [0.15, 0.2) is 5.82 Å². The lowest BCUT2D eigenvalue weighted by Crippen LogP contribution is -2.35. The van der Waals surface area contributed by atoms with Gasteiger partial charge in [-0.3, -0.25) is 4.98 Å². The van der Waals surface area contributed by atoms with Crippen molar-refractivity contribution in [1.82, 2.24) is 15.0 Å². The van der Waals surface area contributed by atoms with E-state index in [-0.39, 0.29) is 5.41 Å². The van der Waals surface area contributed by atoms with Gasteiger partial charge in [-0.25, -0.2) is 9.97 Å². The first-order valence-corrected chi connectivity index (χ1v) is 23.1. The first-order valence-electron chi connectivity index (χ1n) is 22.3. The van der Waals surface area contributed by atoms with Crippen LogP contribution >= 0.6 is 11.8 Å². The molecule has 65 heavy (non-hydrogen) atoms. The van der Waals surface area contributed by atoms with E-state index in [4.69, 9.17) is 9.97 Å². The lowest BCUT2D eigenvalue weighted by atomic mass is 9.62. The molecule has 3 nitrogen and oxygen atoms in total. The van der Waals surface area contributed by atoms with Crippen molar-refractivity contribution in [2.24, 2.45) is 0 Å². The van der Waals surface area contributed by atoms with Crippen molar-refractivity contribution in [2.75, 3.05) is 0 Å². The van der Waals surface area contributed by atoms with E-state index in [1.807, 2.05) is 30.2 Å². The fourth-order valence-electron chi connectivity index (χ4n) is 11.0. The lowest BCUT2D eigenvalue weighted by molar-refractivity contribution is 0.653. The maximum absolute atomic E-state index is 5.45. The smallest absolute Gasteiger partial charge is 0.160 e. The highest BCUT2D eigenvalue weighted by atomic mass is 32.2. The Morgan fingerprint density at radius 3 is 1.65 bits per heavy atom. The number of aromatic nitrogens is 3. The van der Waals surface area contributed by atoms with Crippen molar-refractivity contribution in [1.29, 1.82) is 0 Å². The van der Waals surface area contributed by atoms with Crippen LogP contribution < -0.4 is 0 Å². The molecule has 0 amide bonds. The Hall–Kier alpha value is -7.66. The van der Waals surface area contributed by atoms with Crippen molar-refractivity contribution in [3.05, 3.63) is 246 Å². The summed E-state index contributed by atoms with van der Waals surface area (Å²) < 4.78 is 0. The summed E-state index contributed by atoms with van der Waals surface area (Å²) in [6.07, 6.45) is 3.71. The molecule has 0 N–H and O–H groups in total. The number of hydrogen-bond acceptors (Lipinski definition) is 4. The average Bonchev–Trinajstić information content (AvgIpc) is 3.53. The van der Waals surface area contributed by atoms with Crippen LogP contribution in [0.4, 0.5) is 0 Å². The summed E-state index contributed by atoms with van der Waals surface area (Å²) in [5, 5.41) is 0. The molecule has 0 bridgehead atoms. The van der Waals surface area contributed by atoms with E-state index < -0.39 is 5.41 Å². The topological polar surface area (TPSA) is 38.7 Å². The van der Waals surface area contributed by atoms with Gasteiger partial charge in [-0.15, -0.1) is 0 Å². The summed E-state index contributed by atoms with van der Waals surface area (Å²) in [6.45, 7) is 4.76. The van der Waals surface area contributed by atoms with E-state index in [0.29, 0.717) is 5.82 Å². The van der Waals surface area contributed by atoms with Gasteiger partial charge >= 0.3 is 0 Å². The Labute approximate surface area is 383 Å². The SMILES string of the molecule is CC1(C)c2ccccc2-c2cc3c(cc21)Sc1ccccc1C31c2ccccc2-c2ccccc2-c2ccc(-c3nc(-c4ccccc4)cc(-c4ccc(-c5cccnc5)cc4)n3)cc21. The van der Waals surface area contributed by atoms with E-state index in [9.17, 15) is 0 Å². The zero-order valence-corrected chi connectivity index (χ0v) is 36.8.